The van der Waals surface area contributed by atoms with Crippen molar-refractivity contribution in [1.29, 1.82) is 0 Å². The summed E-state index contributed by atoms with van der Waals surface area (Å²) in [6.07, 6.45) is 12.6. The summed E-state index contributed by atoms with van der Waals surface area (Å²) in [5.74, 6) is 5.40. The Labute approximate surface area is 133 Å². The van der Waals surface area contributed by atoms with E-state index < -0.39 is 8.07 Å². The molecule has 0 aromatic carbocycles. The van der Waals surface area contributed by atoms with Crippen molar-refractivity contribution in [3.05, 3.63) is 24.3 Å². The van der Waals surface area contributed by atoms with Gasteiger partial charge in [-0.2, -0.15) is 0 Å². The fourth-order valence-electron chi connectivity index (χ4n) is 6.52. The van der Waals surface area contributed by atoms with E-state index in [0.29, 0.717) is 0 Å². The molecular weight excluding hydrogens is 268 g/mol. The quantitative estimate of drug-likeness (QED) is 0.537. The molecule has 7 atom stereocenters. The van der Waals surface area contributed by atoms with Crippen LogP contribution in [0.25, 0.3) is 0 Å². The summed E-state index contributed by atoms with van der Waals surface area (Å²) < 4.78 is 0. The lowest BCUT2D eigenvalue weighted by Crippen LogP contribution is -2.43. The van der Waals surface area contributed by atoms with Gasteiger partial charge in [-0.25, -0.2) is 0 Å². The smallest absolute Gasteiger partial charge is 0.0547 e. The fraction of sp³-hybridized carbons (Fsp3) is 0.800. The van der Waals surface area contributed by atoms with Gasteiger partial charge in [-0.15, -0.1) is 0 Å². The Balaban J connectivity index is 1.87. The van der Waals surface area contributed by atoms with Gasteiger partial charge in [-0.3, -0.25) is 0 Å². The van der Waals surface area contributed by atoms with E-state index >= 15 is 0 Å². The number of hydrogen-bond donors (Lipinski definition) is 0. The Kier molecular flexibility index (Phi) is 4.01. The molecule has 1 heteroatoms. The van der Waals surface area contributed by atoms with Crippen molar-refractivity contribution in [2.45, 2.75) is 64.7 Å². The first-order valence-electron chi connectivity index (χ1n) is 9.20. The number of hydrogen-bond acceptors (Lipinski definition) is 0. The number of allylic oxidation sites excluding steroid dienone is 4. The Bertz CT molecular complexity index is 433. The zero-order chi connectivity index (χ0) is 15.4. The Morgan fingerprint density at radius 1 is 0.762 bits per heavy atom. The maximum absolute atomic E-state index is 2.73. The highest BCUT2D eigenvalue weighted by Gasteiger charge is 2.54. The summed E-state index contributed by atoms with van der Waals surface area (Å²) in [5, 5.41) is 0. The first-order chi connectivity index (χ1) is 9.85. The lowest BCUT2D eigenvalue weighted by atomic mass is 9.92. The second-order valence-corrected chi connectivity index (χ2v) is 14.0. The van der Waals surface area contributed by atoms with Gasteiger partial charge in [-0.1, -0.05) is 71.5 Å². The molecule has 0 heterocycles. The molecule has 3 aliphatic rings. The predicted octanol–water partition coefficient (Wildman–Crippen LogP) is 6.15. The normalized spacial score (nSPS) is 49.6. The third-order valence-corrected chi connectivity index (χ3v) is 13.4. The van der Waals surface area contributed by atoms with E-state index in [4.69, 9.17) is 0 Å². The maximum Gasteiger partial charge on any atom is 0.0547 e. The van der Waals surface area contributed by atoms with Crippen LogP contribution in [0.2, 0.25) is 24.2 Å². The summed E-state index contributed by atoms with van der Waals surface area (Å²) in [6.45, 7) is 15.6. The molecule has 21 heavy (non-hydrogen) atoms. The summed E-state index contributed by atoms with van der Waals surface area (Å²) in [6, 6.07) is 0. The monoisotopic (exact) mass is 302 g/mol. The molecule has 0 bridgehead atoms. The molecule has 2 saturated carbocycles. The average molecular weight is 303 g/mol. The highest BCUT2D eigenvalue weighted by Crippen LogP contribution is 2.60. The van der Waals surface area contributed by atoms with Crippen molar-refractivity contribution >= 4 is 8.07 Å². The zero-order valence-electron chi connectivity index (χ0n) is 14.8. The zero-order valence-corrected chi connectivity index (χ0v) is 15.8. The van der Waals surface area contributed by atoms with Gasteiger partial charge < -0.3 is 0 Å². The van der Waals surface area contributed by atoms with Gasteiger partial charge in [0.1, 0.15) is 0 Å². The van der Waals surface area contributed by atoms with Gasteiger partial charge in [0, 0.05) is 0 Å². The van der Waals surface area contributed by atoms with Gasteiger partial charge in [0.05, 0.1) is 8.07 Å². The molecule has 7 unspecified atom stereocenters. The van der Waals surface area contributed by atoms with E-state index in [2.05, 4.69) is 65.1 Å². The van der Waals surface area contributed by atoms with E-state index in [1.807, 2.05) is 0 Å². The largest absolute Gasteiger partial charge is 0.0808 e. The molecule has 0 aromatic heterocycles. The molecule has 0 nitrogen and oxygen atoms in total. The van der Waals surface area contributed by atoms with E-state index in [9.17, 15) is 0 Å². The molecule has 0 saturated heterocycles. The Morgan fingerprint density at radius 2 is 1.33 bits per heavy atom. The topological polar surface area (TPSA) is 0 Å². The van der Waals surface area contributed by atoms with Crippen LogP contribution in [0.15, 0.2) is 24.3 Å². The van der Waals surface area contributed by atoms with Crippen LogP contribution in [-0.2, 0) is 0 Å². The van der Waals surface area contributed by atoms with Crippen molar-refractivity contribution in [1.82, 2.24) is 0 Å². The van der Waals surface area contributed by atoms with E-state index in [1.165, 1.54) is 12.8 Å². The van der Waals surface area contributed by atoms with Crippen LogP contribution in [0.5, 0.6) is 0 Å². The molecule has 0 radical (unpaired) electrons. The summed E-state index contributed by atoms with van der Waals surface area (Å²) in [4.78, 5) is 0. The van der Waals surface area contributed by atoms with Gasteiger partial charge in [-0.05, 0) is 53.0 Å². The van der Waals surface area contributed by atoms with E-state index in [0.717, 1.165) is 46.6 Å². The van der Waals surface area contributed by atoms with Crippen LogP contribution < -0.4 is 0 Å². The minimum Gasteiger partial charge on any atom is -0.0808 e. The van der Waals surface area contributed by atoms with E-state index in [-0.39, 0.29) is 0 Å². The van der Waals surface area contributed by atoms with Gasteiger partial charge in [0.25, 0.3) is 0 Å². The Morgan fingerprint density at radius 3 is 1.95 bits per heavy atom. The highest BCUT2D eigenvalue weighted by molar-refractivity contribution is 6.80. The van der Waals surface area contributed by atoms with Crippen LogP contribution >= 0.6 is 0 Å². The summed E-state index contributed by atoms with van der Waals surface area (Å²) in [5.41, 5.74) is 2.03. The lowest BCUT2D eigenvalue weighted by molar-refractivity contribution is 0.352. The van der Waals surface area contributed by atoms with Gasteiger partial charge in [0.15, 0.2) is 0 Å². The van der Waals surface area contributed by atoms with E-state index in [1.54, 1.807) is 0 Å². The van der Waals surface area contributed by atoms with Crippen LogP contribution in [0, 0.1) is 35.5 Å². The third kappa shape index (κ3) is 2.31. The molecule has 3 rings (SSSR count). The predicted molar refractivity (Wildman–Crippen MR) is 96.1 cm³/mol. The molecule has 0 amide bonds. The van der Waals surface area contributed by atoms with Crippen molar-refractivity contribution < 1.29 is 0 Å². The van der Waals surface area contributed by atoms with Crippen molar-refractivity contribution in [2.24, 2.45) is 35.5 Å². The first kappa shape index (κ1) is 15.6. The van der Waals surface area contributed by atoms with Crippen LogP contribution in [0.3, 0.4) is 0 Å². The average Bonchev–Trinajstić information content (AvgIpc) is 2.96. The van der Waals surface area contributed by atoms with Crippen LogP contribution in [0.4, 0.5) is 0 Å². The fourth-order valence-corrected chi connectivity index (χ4v) is 12.6. The molecule has 2 fully saturated rings. The molecule has 0 N–H and O–H groups in total. The minimum atomic E-state index is -1.24. The minimum absolute atomic E-state index is 0.855. The molecule has 0 aromatic rings. The highest BCUT2D eigenvalue weighted by atomic mass is 28.3. The van der Waals surface area contributed by atoms with Crippen LogP contribution in [-0.4, -0.2) is 8.07 Å². The SMILES string of the molecule is CC1C(C)C(C)C([Si](C)(C)C2CCC3C=CC=CC32)C1C. The standard InChI is InChI=1S/C20H34Si/c1-13-14(2)16(4)20(15(13)3)21(5,6)19-12-11-17-9-7-8-10-18(17)19/h7-10,13-20H,11-12H2,1-6H3. The van der Waals surface area contributed by atoms with Crippen molar-refractivity contribution in [2.75, 3.05) is 0 Å². The lowest BCUT2D eigenvalue weighted by Gasteiger charge is -2.43. The first-order valence-corrected chi connectivity index (χ1v) is 12.4. The summed E-state index contributed by atoms with van der Waals surface area (Å²) in [7, 11) is -1.24. The second kappa shape index (κ2) is 5.40. The van der Waals surface area contributed by atoms with Gasteiger partial charge in [0.2, 0.25) is 0 Å². The number of rotatable bonds is 2. The molecule has 0 aliphatic heterocycles. The van der Waals surface area contributed by atoms with Crippen molar-refractivity contribution in [3.8, 4) is 0 Å². The molecule has 3 aliphatic carbocycles. The number of fused-ring (bicyclic) bond motifs is 1. The van der Waals surface area contributed by atoms with Gasteiger partial charge >= 0.3 is 0 Å². The second-order valence-electron chi connectivity index (χ2n) is 8.98. The van der Waals surface area contributed by atoms with Crippen molar-refractivity contribution in [3.63, 3.8) is 0 Å². The Hall–Kier alpha value is -0.303. The third-order valence-electron chi connectivity index (χ3n) is 8.01. The maximum atomic E-state index is 2.73. The molecule has 0 spiro atoms. The molecule has 118 valence electrons. The summed E-state index contributed by atoms with van der Waals surface area (Å²) >= 11 is 0. The van der Waals surface area contributed by atoms with Crippen LogP contribution in [0.1, 0.15) is 40.5 Å². The molecular formula is C20H34Si.